The first-order valence-corrected chi connectivity index (χ1v) is 10.2. The summed E-state index contributed by atoms with van der Waals surface area (Å²) in [6.07, 6.45) is 1.79. The van der Waals surface area contributed by atoms with E-state index in [1.165, 1.54) is 5.56 Å². The SMILES string of the molecule is Cc1ccc([C@@H](C)NC(=O)c2ccc3c(c2)/C(=C/c2[nH]c(C)c(N)c2C)C(=O)N3)cc1. The number of benzene rings is 2. The minimum Gasteiger partial charge on any atom is -0.397 e. The van der Waals surface area contributed by atoms with Gasteiger partial charge in [-0.25, -0.2) is 0 Å². The van der Waals surface area contributed by atoms with Gasteiger partial charge in [0.1, 0.15) is 0 Å². The second-order valence-electron chi connectivity index (χ2n) is 8.08. The molecule has 0 radical (unpaired) electrons. The molecule has 0 spiro atoms. The van der Waals surface area contributed by atoms with E-state index in [1.54, 1.807) is 24.3 Å². The summed E-state index contributed by atoms with van der Waals surface area (Å²) >= 11 is 0. The molecule has 5 N–H and O–H groups in total. The molecule has 1 aliphatic rings. The zero-order valence-corrected chi connectivity index (χ0v) is 18.1. The zero-order chi connectivity index (χ0) is 22.3. The summed E-state index contributed by atoms with van der Waals surface area (Å²) in [5.41, 5.74) is 13.9. The fourth-order valence-corrected chi connectivity index (χ4v) is 3.77. The molecule has 3 aromatic rings. The van der Waals surface area contributed by atoms with E-state index >= 15 is 0 Å². The molecule has 0 saturated carbocycles. The molecule has 1 aliphatic heterocycles. The number of nitrogens with two attached hydrogens (primary N) is 1. The Morgan fingerprint density at radius 1 is 1.10 bits per heavy atom. The van der Waals surface area contributed by atoms with Gasteiger partial charge < -0.3 is 21.4 Å². The minimum atomic E-state index is -0.203. The van der Waals surface area contributed by atoms with E-state index < -0.39 is 0 Å². The van der Waals surface area contributed by atoms with Crippen molar-refractivity contribution in [1.82, 2.24) is 10.3 Å². The van der Waals surface area contributed by atoms with Crippen molar-refractivity contribution < 1.29 is 9.59 Å². The van der Waals surface area contributed by atoms with Gasteiger partial charge in [0.05, 0.1) is 17.3 Å². The lowest BCUT2D eigenvalue weighted by Crippen LogP contribution is -2.26. The van der Waals surface area contributed by atoms with Crippen molar-refractivity contribution in [2.24, 2.45) is 0 Å². The number of rotatable bonds is 4. The molecule has 158 valence electrons. The van der Waals surface area contributed by atoms with Crippen LogP contribution >= 0.6 is 0 Å². The van der Waals surface area contributed by atoms with Gasteiger partial charge in [0.25, 0.3) is 11.8 Å². The average molecular weight is 415 g/mol. The smallest absolute Gasteiger partial charge is 0.256 e. The summed E-state index contributed by atoms with van der Waals surface area (Å²) in [4.78, 5) is 28.7. The molecule has 2 heterocycles. The zero-order valence-electron chi connectivity index (χ0n) is 18.1. The normalized spacial score (nSPS) is 15.0. The molecule has 0 unspecified atom stereocenters. The number of hydrogen-bond donors (Lipinski definition) is 4. The number of aromatic nitrogens is 1. The molecule has 0 fully saturated rings. The van der Waals surface area contributed by atoms with Crippen LogP contribution in [0.3, 0.4) is 0 Å². The highest BCUT2D eigenvalue weighted by molar-refractivity contribution is 6.35. The van der Waals surface area contributed by atoms with Gasteiger partial charge in [-0.1, -0.05) is 29.8 Å². The van der Waals surface area contributed by atoms with Crippen molar-refractivity contribution in [3.05, 3.63) is 81.7 Å². The molecule has 4 rings (SSSR count). The molecular formula is C25H26N4O2. The van der Waals surface area contributed by atoms with Crippen LogP contribution in [0.2, 0.25) is 0 Å². The van der Waals surface area contributed by atoms with Gasteiger partial charge in [-0.3, -0.25) is 9.59 Å². The van der Waals surface area contributed by atoms with Gasteiger partial charge in [0, 0.05) is 28.2 Å². The van der Waals surface area contributed by atoms with E-state index in [-0.39, 0.29) is 17.9 Å². The third-order valence-electron chi connectivity index (χ3n) is 5.81. The van der Waals surface area contributed by atoms with Gasteiger partial charge >= 0.3 is 0 Å². The molecule has 31 heavy (non-hydrogen) atoms. The highest BCUT2D eigenvalue weighted by Gasteiger charge is 2.26. The predicted octanol–water partition coefficient (Wildman–Crippen LogP) is 4.51. The van der Waals surface area contributed by atoms with E-state index in [4.69, 9.17) is 5.73 Å². The summed E-state index contributed by atoms with van der Waals surface area (Å²) in [5.74, 6) is -0.392. The van der Waals surface area contributed by atoms with Crippen LogP contribution in [0.25, 0.3) is 11.6 Å². The molecule has 6 heteroatoms. The lowest BCUT2D eigenvalue weighted by molar-refractivity contribution is -0.110. The molecule has 1 aromatic heterocycles. The van der Waals surface area contributed by atoms with E-state index in [9.17, 15) is 9.59 Å². The number of H-pyrrole nitrogens is 1. The number of amides is 2. The lowest BCUT2D eigenvalue weighted by Gasteiger charge is -2.15. The van der Waals surface area contributed by atoms with E-state index in [0.29, 0.717) is 28.1 Å². The molecule has 0 bridgehead atoms. The first kappa shape index (κ1) is 20.5. The summed E-state index contributed by atoms with van der Waals surface area (Å²) in [7, 11) is 0. The van der Waals surface area contributed by atoms with Crippen LogP contribution in [-0.2, 0) is 4.79 Å². The Morgan fingerprint density at radius 2 is 1.81 bits per heavy atom. The van der Waals surface area contributed by atoms with E-state index in [1.807, 2.05) is 52.0 Å². The van der Waals surface area contributed by atoms with Gasteiger partial charge in [0.15, 0.2) is 0 Å². The van der Waals surface area contributed by atoms with Crippen LogP contribution < -0.4 is 16.4 Å². The quantitative estimate of drug-likeness (QED) is 0.473. The van der Waals surface area contributed by atoms with Crippen LogP contribution in [0.5, 0.6) is 0 Å². The van der Waals surface area contributed by atoms with E-state index in [0.717, 1.165) is 22.5 Å². The molecule has 0 saturated heterocycles. The highest BCUT2D eigenvalue weighted by Crippen LogP contribution is 2.35. The van der Waals surface area contributed by atoms with Crippen molar-refractivity contribution in [2.45, 2.75) is 33.7 Å². The Labute approximate surface area is 181 Å². The van der Waals surface area contributed by atoms with Gasteiger partial charge in [-0.05, 0) is 63.1 Å². The van der Waals surface area contributed by atoms with Crippen LogP contribution in [-0.4, -0.2) is 16.8 Å². The number of anilines is 2. The number of aryl methyl sites for hydroxylation is 2. The molecule has 2 aromatic carbocycles. The Balaban J connectivity index is 1.62. The van der Waals surface area contributed by atoms with Crippen LogP contribution in [0, 0.1) is 20.8 Å². The Kier molecular flexibility index (Phi) is 5.15. The number of nitrogen functional groups attached to an aromatic ring is 1. The number of nitrogens with one attached hydrogen (secondary N) is 3. The maximum absolute atomic E-state index is 12.9. The fourth-order valence-electron chi connectivity index (χ4n) is 3.77. The largest absolute Gasteiger partial charge is 0.397 e. The topological polar surface area (TPSA) is 100 Å². The molecular weight excluding hydrogens is 388 g/mol. The average Bonchev–Trinajstić information content (AvgIpc) is 3.18. The van der Waals surface area contributed by atoms with Gasteiger partial charge in [-0.2, -0.15) is 0 Å². The highest BCUT2D eigenvalue weighted by atomic mass is 16.2. The lowest BCUT2D eigenvalue weighted by atomic mass is 10.0. The van der Waals surface area contributed by atoms with Crippen LogP contribution in [0.15, 0.2) is 42.5 Å². The molecule has 6 nitrogen and oxygen atoms in total. The number of hydrogen-bond acceptors (Lipinski definition) is 3. The standard InChI is InChI=1S/C25H26N4O2/c1-13-5-7-17(8-6-13)15(3)28-24(30)18-9-10-21-19(11-18)20(25(31)29-21)12-22-14(2)23(26)16(4)27-22/h5-12,15,27H,26H2,1-4H3,(H,28,30)(H,29,31)/b20-12-/t15-/m1/s1. The molecule has 0 aliphatic carbocycles. The summed E-state index contributed by atoms with van der Waals surface area (Å²) < 4.78 is 0. The maximum atomic E-state index is 12.9. The second-order valence-corrected chi connectivity index (χ2v) is 8.08. The monoisotopic (exact) mass is 414 g/mol. The van der Waals surface area contributed by atoms with Crippen molar-refractivity contribution in [2.75, 3.05) is 11.1 Å². The second kappa shape index (κ2) is 7.80. The fraction of sp³-hybridized carbons (Fsp3) is 0.200. The van der Waals surface area contributed by atoms with E-state index in [2.05, 4.69) is 15.6 Å². The third kappa shape index (κ3) is 3.84. The first-order chi connectivity index (χ1) is 14.7. The van der Waals surface area contributed by atoms with Crippen molar-refractivity contribution in [3.63, 3.8) is 0 Å². The number of carbonyl (C=O) groups excluding carboxylic acids is 2. The van der Waals surface area contributed by atoms with Crippen LogP contribution in [0.4, 0.5) is 11.4 Å². The summed E-state index contributed by atoms with van der Waals surface area (Å²) in [5, 5.41) is 5.89. The number of fused-ring (bicyclic) bond motifs is 1. The van der Waals surface area contributed by atoms with Crippen molar-refractivity contribution in [1.29, 1.82) is 0 Å². The van der Waals surface area contributed by atoms with Crippen molar-refractivity contribution >= 4 is 34.8 Å². The maximum Gasteiger partial charge on any atom is 0.256 e. The predicted molar refractivity (Wildman–Crippen MR) is 125 cm³/mol. The van der Waals surface area contributed by atoms with Gasteiger partial charge in [-0.15, -0.1) is 0 Å². The van der Waals surface area contributed by atoms with Crippen molar-refractivity contribution in [3.8, 4) is 0 Å². The molecule has 1 atom stereocenters. The molecule has 2 amide bonds. The Hall–Kier alpha value is -3.80. The Morgan fingerprint density at radius 3 is 2.45 bits per heavy atom. The Bertz CT molecular complexity index is 1220. The van der Waals surface area contributed by atoms with Gasteiger partial charge in [0.2, 0.25) is 0 Å². The number of aromatic amines is 1. The number of carbonyl (C=O) groups is 2. The minimum absolute atomic E-state index is 0.136. The summed E-state index contributed by atoms with van der Waals surface area (Å²) in [6, 6.07) is 13.2. The third-order valence-corrected chi connectivity index (χ3v) is 5.81. The first-order valence-electron chi connectivity index (χ1n) is 10.2. The summed E-state index contributed by atoms with van der Waals surface area (Å²) in [6.45, 7) is 7.79. The van der Waals surface area contributed by atoms with Crippen LogP contribution in [0.1, 0.15) is 57.0 Å².